The third-order valence-corrected chi connectivity index (χ3v) is 5.27. The van der Waals surface area contributed by atoms with Crippen LogP contribution >= 0.6 is 0 Å². The van der Waals surface area contributed by atoms with E-state index in [4.69, 9.17) is 4.74 Å². The van der Waals surface area contributed by atoms with E-state index in [2.05, 4.69) is 14.8 Å². The number of esters is 1. The minimum absolute atomic E-state index is 0.0609. The summed E-state index contributed by atoms with van der Waals surface area (Å²) in [5, 5.41) is 3.25. The molecule has 0 aromatic heterocycles. The molecule has 1 fully saturated rings. The molecule has 1 aromatic carbocycles. The van der Waals surface area contributed by atoms with E-state index in [1.807, 2.05) is 0 Å². The quantitative estimate of drug-likeness (QED) is 0.742. The zero-order valence-electron chi connectivity index (χ0n) is 13.3. The van der Waals surface area contributed by atoms with Crippen LogP contribution in [0.25, 0.3) is 0 Å². The lowest BCUT2D eigenvalue weighted by Gasteiger charge is -2.22. The van der Waals surface area contributed by atoms with E-state index in [9.17, 15) is 13.2 Å². The molecule has 0 spiro atoms. The summed E-state index contributed by atoms with van der Waals surface area (Å²) in [6.45, 7) is 2.18. The maximum absolute atomic E-state index is 12.4. The van der Waals surface area contributed by atoms with E-state index in [0.29, 0.717) is 6.54 Å². The lowest BCUT2D eigenvalue weighted by Crippen LogP contribution is -2.38. The average Bonchev–Trinajstić information content (AvgIpc) is 2.59. The molecule has 7 nitrogen and oxygen atoms in total. The summed E-state index contributed by atoms with van der Waals surface area (Å²) in [6, 6.07) is 4.09. The highest BCUT2D eigenvalue weighted by Crippen LogP contribution is 2.23. The Labute approximate surface area is 136 Å². The number of methoxy groups -OCH3 is 2. The third kappa shape index (κ3) is 4.43. The van der Waals surface area contributed by atoms with Crippen LogP contribution in [0.2, 0.25) is 0 Å². The van der Waals surface area contributed by atoms with Crippen LogP contribution in [0.1, 0.15) is 23.2 Å². The Kier molecular flexibility index (Phi) is 5.97. The fourth-order valence-corrected chi connectivity index (χ4v) is 3.66. The first-order valence-electron chi connectivity index (χ1n) is 7.44. The van der Waals surface area contributed by atoms with Gasteiger partial charge in [-0.2, -0.15) is 0 Å². The fraction of sp³-hybridized carbons (Fsp3) is 0.533. The van der Waals surface area contributed by atoms with Crippen molar-refractivity contribution in [3.05, 3.63) is 23.8 Å². The number of nitrogens with one attached hydrogen (secondary N) is 2. The summed E-state index contributed by atoms with van der Waals surface area (Å²) >= 11 is 0. The monoisotopic (exact) mass is 342 g/mol. The number of rotatable bonds is 6. The highest BCUT2D eigenvalue weighted by atomic mass is 32.2. The molecular weight excluding hydrogens is 320 g/mol. The average molecular weight is 342 g/mol. The van der Waals surface area contributed by atoms with E-state index in [0.717, 1.165) is 25.9 Å². The topological polar surface area (TPSA) is 93.7 Å². The first-order chi connectivity index (χ1) is 11.0. The van der Waals surface area contributed by atoms with E-state index >= 15 is 0 Å². The Morgan fingerprint density at radius 1 is 1.39 bits per heavy atom. The van der Waals surface area contributed by atoms with Crippen molar-refractivity contribution in [3.63, 3.8) is 0 Å². The molecule has 2 rings (SSSR count). The lowest BCUT2D eigenvalue weighted by molar-refractivity contribution is 0.0597. The van der Waals surface area contributed by atoms with Gasteiger partial charge in [-0.3, -0.25) is 0 Å². The standard InChI is InChI=1S/C15H22N2O5S/c1-21-14-8-12(5-6-13(14)15(18)22-2)23(19,20)17-10-11-4-3-7-16-9-11/h5-6,8,11,16-17H,3-4,7,9-10H2,1-2H3. The van der Waals surface area contributed by atoms with Gasteiger partial charge >= 0.3 is 5.97 Å². The molecule has 1 unspecified atom stereocenters. The van der Waals surface area contributed by atoms with Gasteiger partial charge in [-0.25, -0.2) is 17.9 Å². The molecule has 1 aliphatic heterocycles. The minimum atomic E-state index is -3.65. The third-order valence-electron chi connectivity index (χ3n) is 3.85. The van der Waals surface area contributed by atoms with Gasteiger partial charge in [-0.05, 0) is 44.0 Å². The molecule has 0 bridgehead atoms. The summed E-state index contributed by atoms with van der Waals surface area (Å²) in [6.07, 6.45) is 2.05. The molecule has 2 N–H and O–H groups in total. The van der Waals surface area contributed by atoms with Crippen molar-refractivity contribution in [2.45, 2.75) is 17.7 Å². The molecule has 0 aliphatic carbocycles. The maximum Gasteiger partial charge on any atom is 0.341 e. The first-order valence-corrected chi connectivity index (χ1v) is 8.93. The SMILES string of the molecule is COC(=O)c1ccc(S(=O)(=O)NCC2CCCNC2)cc1OC. The van der Waals surface area contributed by atoms with Crippen molar-refractivity contribution in [2.75, 3.05) is 33.9 Å². The second kappa shape index (κ2) is 7.76. The van der Waals surface area contributed by atoms with Crippen molar-refractivity contribution in [1.82, 2.24) is 10.0 Å². The Hall–Kier alpha value is -1.64. The number of hydrogen-bond acceptors (Lipinski definition) is 6. The largest absolute Gasteiger partial charge is 0.496 e. The predicted octanol–water partition coefficient (Wildman–Crippen LogP) is 0.760. The Bertz CT molecular complexity index is 654. The van der Waals surface area contributed by atoms with E-state index in [1.165, 1.54) is 32.4 Å². The molecule has 8 heteroatoms. The van der Waals surface area contributed by atoms with E-state index < -0.39 is 16.0 Å². The van der Waals surface area contributed by atoms with Crippen molar-refractivity contribution in [2.24, 2.45) is 5.92 Å². The fourth-order valence-electron chi connectivity index (χ4n) is 2.53. The van der Waals surface area contributed by atoms with Gasteiger partial charge < -0.3 is 14.8 Å². The van der Waals surface area contributed by atoms with Crippen molar-refractivity contribution in [1.29, 1.82) is 0 Å². The Morgan fingerprint density at radius 3 is 2.78 bits per heavy atom. The molecule has 0 amide bonds. The first kappa shape index (κ1) is 17.7. The van der Waals surface area contributed by atoms with Crippen LogP contribution in [0.3, 0.4) is 0 Å². The highest BCUT2D eigenvalue weighted by Gasteiger charge is 2.21. The zero-order valence-corrected chi connectivity index (χ0v) is 14.1. The molecule has 1 aliphatic rings. The number of sulfonamides is 1. The maximum atomic E-state index is 12.4. The van der Waals surface area contributed by atoms with Crippen LogP contribution in [0.15, 0.2) is 23.1 Å². The van der Waals surface area contributed by atoms with Crippen LogP contribution in [-0.2, 0) is 14.8 Å². The van der Waals surface area contributed by atoms with Gasteiger partial charge in [-0.15, -0.1) is 0 Å². The molecule has 0 saturated carbocycles. The van der Waals surface area contributed by atoms with Crippen LogP contribution in [0.4, 0.5) is 0 Å². The number of carbonyl (C=O) groups is 1. The van der Waals surface area contributed by atoms with Crippen LogP contribution in [0.5, 0.6) is 5.75 Å². The lowest BCUT2D eigenvalue weighted by atomic mass is 10.0. The van der Waals surface area contributed by atoms with Gasteiger partial charge in [0.1, 0.15) is 11.3 Å². The summed E-state index contributed by atoms with van der Waals surface area (Å²) in [4.78, 5) is 11.7. The molecular formula is C15H22N2O5S. The number of carbonyl (C=O) groups excluding carboxylic acids is 1. The van der Waals surface area contributed by atoms with Gasteiger partial charge in [0.15, 0.2) is 0 Å². The van der Waals surface area contributed by atoms with Crippen molar-refractivity contribution in [3.8, 4) is 5.75 Å². The number of benzene rings is 1. The zero-order chi connectivity index (χ0) is 16.9. The second-order valence-electron chi connectivity index (χ2n) is 5.42. The summed E-state index contributed by atoms with van der Waals surface area (Å²) in [5.74, 6) is -0.124. The minimum Gasteiger partial charge on any atom is -0.496 e. The molecule has 1 heterocycles. The number of piperidine rings is 1. The highest BCUT2D eigenvalue weighted by molar-refractivity contribution is 7.89. The molecule has 1 atom stereocenters. The molecule has 128 valence electrons. The normalized spacial score (nSPS) is 18.4. The summed E-state index contributed by atoms with van der Waals surface area (Å²) in [5.41, 5.74) is 0.186. The van der Waals surface area contributed by atoms with Gasteiger partial charge in [0.2, 0.25) is 10.0 Å². The Morgan fingerprint density at radius 2 is 2.17 bits per heavy atom. The van der Waals surface area contributed by atoms with E-state index in [1.54, 1.807) is 0 Å². The molecule has 0 radical (unpaired) electrons. The van der Waals surface area contributed by atoms with Crippen LogP contribution < -0.4 is 14.8 Å². The molecule has 1 saturated heterocycles. The Balaban J connectivity index is 2.13. The van der Waals surface area contributed by atoms with Crippen molar-refractivity contribution >= 4 is 16.0 Å². The summed E-state index contributed by atoms with van der Waals surface area (Å²) in [7, 11) is -1.02. The van der Waals surface area contributed by atoms with Crippen molar-refractivity contribution < 1.29 is 22.7 Å². The second-order valence-corrected chi connectivity index (χ2v) is 7.18. The van der Waals surface area contributed by atoms with Gasteiger partial charge in [0.05, 0.1) is 19.1 Å². The molecule has 23 heavy (non-hydrogen) atoms. The van der Waals surface area contributed by atoms with E-state index in [-0.39, 0.29) is 22.1 Å². The molecule has 1 aromatic rings. The van der Waals surface area contributed by atoms with Crippen LogP contribution in [-0.4, -0.2) is 48.2 Å². The van der Waals surface area contributed by atoms with Gasteiger partial charge in [-0.1, -0.05) is 0 Å². The van der Waals surface area contributed by atoms with Gasteiger partial charge in [0, 0.05) is 12.6 Å². The number of ether oxygens (including phenoxy) is 2. The van der Waals surface area contributed by atoms with Gasteiger partial charge in [0.25, 0.3) is 0 Å². The predicted molar refractivity (Wildman–Crippen MR) is 85.1 cm³/mol. The van der Waals surface area contributed by atoms with Crippen LogP contribution in [0, 0.1) is 5.92 Å². The summed E-state index contributed by atoms with van der Waals surface area (Å²) < 4.78 is 37.1. The smallest absolute Gasteiger partial charge is 0.341 e. The number of hydrogen-bond donors (Lipinski definition) is 2.